The Morgan fingerprint density at radius 2 is 2.31 bits per heavy atom. The predicted octanol–water partition coefficient (Wildman–Crippen LogP) is 2.74. The zero-order chi connectivity index (χ0) is 11.6. The maximum Gasteiger partial charge on any atom is 0.0948 e. The van der Waals surface area contributed by atoms with Crippen LogP contribution >= 0.6 is 0 Å². The highest BCUT2D eigenvalue weighted by Gasteiger charge is 2.20. The minimum atomic E-state index is 0.393. The molecule has 1 atom stereocenters. The Morgan fingerprint density at radius 3 is 2.94 bits per heavy atom. The van der Waals surface area contributed by atoms with Gasteiger partial charge in [0.25, 0.3) is 0 Å². The van der Waals surface area contributed by atoms with E-state index in [0.29, 0.717) is 11.5 Å². The first-order valence-electron chi connectivity index (χ1n) is 6.30. The van der Waals surface area contributed by atoms with Crippen LogP contribution in [0.15, 0.2) is 12.5 Å². The van der Waals surface area contributed by atoms with Crippen LogP contribution in [0.4, 0.5) is 0 Å². The summed E-state index contributed by atoms with van der Waals surface area (Å²) in [6, 6.07) is 0.530. The lowest BCUT2D eigenvalue weighted by Gasteiger charge is -2.20. The molecule has 2 heterocycles. The Morgan fingerprint density at radius 1 is 1.50 bits per heavy atom. The lowest BCUT2D eigenvalue weighted by Crippen LogP contribution is -2.18. The fraction of sp³-hybridized carbons (Fsp3) is 0.769. The molecule has 0 unspecified atom stereocenters. The Labute approximate surface area is 98.3 Å². The van der Waals surface area contributed by atoms with E-state index in [2.05, 4.69) is 35.6 Å². The lowest BCUT2D eigenvalue weighted by molar-refractivity contribution is 0.345. The number of rotatable bonds is 3. The molecule has 0 aliphatic carbocycles. The number of imidazole rings is 1. The van der Waals surface area contributed by atoms with Gasteiger partial charge >= 0.3 is 0 Å². The molecule has 1 aliphatic rings. The molecule has 0 bridgehead atoms. The Bertz CT molecular complexity index is 329. The van der Waals surface area contributed by atoms with Crippen LogP contribution in [-0.4, -0.2) is 16.1 Å². The van der Waals surface area contributed by atoms with Crippen LogP contribution < -0.4 is 5.32 Å². The molecule has 0 spiro atoms. The van der Waals surface area contributed by atoms with Crippen molar-refractivity contribution in [1.29, 1.82) is 0 Å². The molecule has 1 aliphatic heterocycles. The van der Waals surface area contributed by atoms with Gasteiger partial charge in [0.15, 0.2) is 0 Å². The first kappa shape index (κ1) is 11.6. The number of hydrogen-bond donors (Lipinski definition) is 1. The molecule has 0 aromatic carbocycles. The van der Waals surface area contributed by atoms with Gasteiger partial charge < -0.3 is 9.88 Å². The number of aryl methyl sites for hydroxylation is 1. The van der Waals surface area contributed by atoms with E-state index in [9.17, 15) is 0 Å². The summed E-state index contributed by atoms with van der Waals surface area (Å²) in [6.45, 7) is 9.10. The van der Waals surface area contributed by atoms with E-state index < -0.39 is 0 Å². The Kier molecular flexibility index (Phi) is 3.33. The average molecular weight is 221 g/mol. The fourth-order valence-electron chi connectivity index (χ4n) is 2.20. The van der Waals surface area contributed by atoms with Gasteiger partial charge in [-0.05, 0) is 31.2 Å². The smallest absolute Gasteiger partial charge is 0.0948 e. The molecule has 90 valence electrons. The van der Waals surface area contributed by atoms with E-state index in [1.165, 1.54) is 25.0 Å². The summed E-state index contributed by atoms with van der Waals surface area (Å²) in [5, 5.41) is 3.54. The lowest BCUT2D eigenvalue weighted by atomic mass is 9.92. The van der Waals surface area contributed by atoms with E-state index >= 15 is 0 Å². The van der Waals surface area contributed by atoms with E-state index in [-0.39, 0.29) is 0 Å². The van der Waals surface area contributed by atoms with Gasteiger partial charge in [-0.1, -0.05) is 20.8 Å². The molecular formula is C13H23N3. The second-order valence-corrected chi connectivity index (χ2v) is 5.97. The van der Waals surface area contributed by atoms with Crippen molar-refractivity contribution < 1.29 is 0 Å². The summed E-state index contributed by atoms with van der Waals surface area (Å²) in [6.07, 6.45) is 7.73. The molecule has 0 radical (unpaired) electrons. The minimum Gasteiger partial charge on any atom is -0.333 e. The molecule has 3 nitrogen and oxygen atoms in total. The van der Waals surface area contributed by atoms with Crippen molar-refractivity contribution >= 4 is 0 Å². The van der Waals surface area contributed by atoms with E-state index in [1.54, 1.807) is 0 Å². The Balaban J connectivity index is 2.01. The molecule has 0 saturated carbocycles. The van der Waals surface area contributed by atoms with Crippen molar-refractivity contribution in [3.05, 3.63) is 18.2 Å². The van der Waals surface area contributed by atoms with Gasteiger partial charge in [-0.15, -0.1) is 0 Å². The molecule has 1 aromatic heterocycles. The largest absolute Gasteiger partial charge is 0.333 e. The molecule has 2 rings (SSSR count). The van der Waals surface area contributed by atoms with Gasteiger partial charge in [0.1, 0.15) is 0 Å². The monoisotopic (exact) mass is 221 g/mol. The van der Waals surface area contributed by atoms with Crippen LogP contribution in [0.2, 0.25) is 0 Å². The predicted molar refractivity (Wildman–Crippen MR) is 66.3 cm³/mol. The molecule has 1 aromatic rings. The minimum absolute atomic E-state index is 0.393. The maximum absolute atomic E-state index is 4.29. The first-order chi connectivity index (χ1) is 7.56. The van der Waals surface area contributed by atoms with Gasteiger partial charge in [0, 0.05) is 18.8 Å². The van der Waals surface area contributed by atoms with E-state index in [1.807, 2.05) is 12.5 Å². The van der Waals surface area contributed by atoms with Gasteiger partial charge in [-0.3, -0.25) is 0 Å². The zero-order valence-corrected chi connectivity index (χ0v) is 10.7. The van der Waals surface area contributed by atoms with Crippen LogP contribution in [0.3, 0.4) is 0 Å². The summed E-state index contributed by atoms with van der Waals surface area (Å²) in [7, 11) is 0. The second-order valence-electron chi connectivity index (χ2n) is 5.97. The zero-order valence-electron chi connectivity index (χ0n) is 10.7. The molecule has 3 heteroatoms. The topological polar surface area (TPSA) is 29.9 Å². The molecule has 0 amide bonds. The van der Waals surface area contributed by atoms with Gasteiger partial charge in [0.2, 0.25) is 0 Å². The number of aromatic nitrogens is 2. The van der Waals surface area contributed by atoms with Crippen molar-refractivity contribution in [3.63, 3.8) is 0 Å². The van der Waals surface area contributed by atoms with Crippen LogP contribution in [0.5, 0.6) is 0 Å². The van der Waals surface area contributed by atoms with Crippen LogP contribution in [0.1, 0.15) is 51.8 Å². The molecular weight excluding hydrogens is 198 g/mol. The molecule has 1 N–H and O–H groups in total. The van der Waals surface area contributed by atoms with Gasteiger partial charge in [-0.25, -0.2) is 4.98 Å². The van der Waals surface area contributed by atoms with Crippen LogP contribution in [0.25, 0.3) is 0 Å². The van der Waals surface area contributed by atoms with E-state index in [4.69, 9.17) is 0 Å². The summed E-state index contributed by atoms with van der Waals surface area (Å²) < 4.78 is 2.31. The van der Waals surface area contributed by atoms with Crippen molar-refractivity contribution in [2.75, 3.05) is 6.54 Å². The molecule has 16 heavy (non-hydrogen) atoms. The third-order valence-corrected chi connectivity index (χ3v) is 3.26. The molecule has 1 saturated heterocycles. The highest BCUT2D eigenvalue weighted by molar-refractivity contribution is 5.07. The quantitative estimate of drug-likeness (QED) is 0.850. The SMILES string of the molecule is CC(C)(C)CCn1cncc1[C@@H]1CCCN1. The maximum atomic E-state index is 4.29. The van der Waals surface area contributed by atoms with Crippen LogP contribution in [0, 0.1) is 5.41 Å². The Hall–Kier alpha value is -0.830. The summed E-state index contributed by atoms with van der Waals surface area (Å²) in [5.74, 6) is 0. The summed E-state index contributed by atoms with van der Waals surface area (Å²) >= 11 is 0. The highest BCUT2D eigenvalue weighted by atomic mass is 15.1. The fourth-order valence-corrected chi connectivity index (χ4v) is 2.20. The number of nitrogens with zero attached hydrogens (tertiary/aromatic N) is 2. The van der Waals surface area contributed by atoms with Crippen molar-refractivity contribution in [2.45, 2.75) is 52.6 Å². The van der Waals surface area contributed by atoms with Gasteiger partial charge in [-0.2, -0.15) is 0 Å². The third kappa shape index (κ3) is 2.85. The van der Waals surface area contributed by atoms with Crippen molar-refractivity contribution in [3.8, 4) is 0 Å². The first-order valence-corrected chi connectivity index (χ1v) is 6.30. The van der Waals surface area contributed by atoms with Crippen LogP contribution in [-0.2, 0) is 6.54 Å². The third-order valence-electron chi connectivity index (χ3n) is 3.26. The summed E-state index contributed by atoms with van der Waals surface area (Å²) in [4.78, 5) is 4.29. The number of hydrogen-bond acceptors (Lipinski definition) is 2. The highest BCUT2D eigenvalue weighted by Crippen LogP contribution is 2.25. The second kappa shape index (κ2) is 4.58. The van der Waals surface area contributed by atoms with Gasteiger partial charge in [0.05, 0.1) is 12.0 Å². The van der Waals surface area contributed by atoms with E-state index in [0.717, 1.165) is 13.1 Å². The average Bonchev–Trinajstić information content (AvgIpc) is 2.84. The number of nitrogens with one attached hydrogen (secondary N) is 1. The van der Waals surface area contributed by atoms with Crippen molar-refractivity contribution in [1.82, 2.24) is 14.9 Å². The van der Waals surface area contributed by atoms with Crippen molar-refractivity contribution in [2.24, 2.45) is 5.41 Å². The normalized spacial score (nSPS) is 21.6. The summed E-state index contributed by atoms with van der Waals surface area (Å²) in [5.41, 5.74) is 1.76. The standard InChI is InChI=1S/C13H23N3/c1-13(2,3)6-8-16-10-14-9-12(16)11-5-4-7-15-11/h9-11,15H,4-8H2,1-3H3/t11-/m0/s1. The molecule has 1 fully saturated rings.